The second kappa shape index (κ2) is 6.17. The highest BCUT2D eigenvalue weighted by molar-refractivity contribution is 9.10. The molecule has 0 radical (unpaired) electrons. The van der Waals surface area contributed by atoms with E-state index in [1.165, 1.54) is 0 Å². The zero-order valence-electron chi connectivity index (χ0n) is 10.9. The standard InChI is InChI=1S/C15H13BrClN3/c1-20(9-11-7-13(19)3-4-14(11)17)15-5-2-12(16)6-10(15)8-18/h2-7H,9,19H2,1H3. The van der Waals surface area contributed by atoms with Gasteiger partial charge in [-0.3, -0.25) is 0 Å². The third kappa shape index (κ3) is 3.24. The first kappa shape index (κ1) is 14.7. The zero-order valence-corrected chi connectivity index (χ0v) is 13.2. The number of rotatable bonds is 3. The molecule has 0 spiro atoms. The predicted octanol–water partition coefficient (Wildman–Crippen LogP) is 4.19. The van der Waals surface area contributed by atoms with E-state index in [2.05, 4.69) is 22.0 Å². The molecular formula is C15H13BrClN3. The summed E-state index contributed by atoms with van der Waals surface area (Å²) in [7, 11) is 1.92. The van der Waals surface area contributed by atoms with Gasteiger partial charge < -0.3 is 10.6 Å². The second-order valence-electron chi connectivity index (χ2n) is 4.48. The van der Waals surface area contributed by atoms with Crippen LogP contribution in [0.15, 0.2) is 40.9 Å². The quantitative estimate of drug-likeness (QED) is 0.844. The SMILES string of the molecule is CN(Cc1cc(N)ccc1Cl)c1ccc(Br)cc1C#N. The van der Waals surface area contributed by atoms with E-state index in [0.717, 1.165) is 15.7 Å². The Balaban J connectivity index is 2.31. The summed E-state index contributed by atoms with van der Waals surface area (Å²) >= 11 is 9.54. The molecule has 0 saturated heterocycles. The molecule has 2 aromatic rings. The van der Waals surface area contributed by atoms with E-state index in [4.69, 9.17) is 17.3 Å². The molecule has 0 unspecified atom stereocenters. The zero-order chi connectivity index (χ0) is 14.7. The monoisotopic (exact) mass is 349 g/mol. The van der Waals surface area contributed by atoms with Gasteiger partial charge in [-0.15, -0.1) is 0 Å². The first-order valence-corrected chi connectivity index (χ1v) is 7.13. The van der Waals surface area contributed by atoms with Crippen molar-refractivity contribution in [1.82, 2.24) is 0 Å². The van der Waals surface area contributed by atoms with Gasteiger partial charge in [-0.25, -0.2) is 0 Å². The molecular weight excluding hydrogens is 338 g/mol. The van der Waals surface area contributed by atoms with Crippen LogP contribution in [0.5, 0.6) is 0 Å². The molecule has 3 nitrogen and oxygen atoms in total. The summed E-state index contributed by atoms with van der Waals surface area (Å²) in [6, 6.07) is 13.2. The van der Waals surface area contributed by atoms with Crippen LogP contribution >= 0.6 is 27.5 Å². The fourth-order valence-electron chi connectivity index (χ4n) is 1.99. The Morgan fingerprint density at radius 3 is 2.75 bits per heavy atom. The Kier molecular flexibility index (Phi) is 4.53. The summed E-state index contributed by atoms with van der Waals surface area (Å²) in [4.78, 5) is 1.98. The number of hydrogen-bond donors (Lipinski definition) is 1. The molecule has 0 amide bonds. The largest absolute Gasteiger partial charge is 0.399 e. The van der Waals surface area contributed by atoms with Crippen molar-refractivity contribution < 1.29 is 0 Å². The average Bonchev–Trinajstić information content (AvgIpc) is 2.42. The van der Waals surface area contributed by atoms with Crippen LogP contribution in [0.25, 0.3) is 0 Å². The van der Waals surface area contributed by atoms with E-state index in [1.807, 2.05) is 30.1 Å². The summed E-state index contributed by atoms with van der Waals surface area (Å²) in [5, 5.41) is 9.88. The Hall–Kier alpha value is -1.70. The summed E-state index contributed by atoms with van der Waals surface area (Å²) in [5.74, 6) is 0. The second-order valence-corrected chi connectivity index (χ2v) is 5.80. The lowest BCUT2D eigenvalue weighted by Gasteiger charge is -2.21. The molecule has 0 aromatic heterocycles. The fourth-order valence-corrected chi connectivity index (χ4v) is 2.53. The van der Waals surface area contributed by atoms with Crippen molar-refractivity contribution >= 4 is 38.9 Å². The van der Waals surface area contributed by atoms with E-state index in [1.54, 1.807) is 18.2 Å². The van der Waals surface area contributed by atoms with Crippen molar-refractivity contribution in [1.29, 1.82) is 5.26 Å². The minimum absolute atomic E-state index is 0.584. The van der Waals surface area contributed by atoms with Gasteiger partial charge in [0.1, 0.15) is 6.07 Å². The number of hydrogen-bond acceptors (Lipinski definition) is 3. The summed E-state index contributed by atoms with van der Waals surface area (Å²) < 4.78 is 0.883. The van der Waals surface area contributed by atoms with Crippen LogP contribution in [0.4, 0.5) is 11.4 Å². The minimum Gasteiger partial charge on any atom is -0.399 e. The van der Waals surface area contributed by atoms with E-state index < -0.39 is 0 Å². The molecule has 0 atom stereocenters. The highest BCUT2D eigenvalue weighted by Crippen LogP contribution is 2.26. The molecule has 0 bridgehead atoms. The third-order valence-corrected chi connectivity index (χ3v) is 3.83. The molecule has 2 N–H and O–H groups in total. The topological polar surface area (TPSA) is 53.0 Å². The number of anilines is 2. The maximum atomic E-state index is 9.21. The van der Waals surface area contributed by atoms with E-state index in [9.17, 15) is 5.26 Å². The van der Waals surface area contributed by atoms with Crippen molar-refractivity contribution in [3.63, 3.8) is 0 Å². The van der Waals surface area contributed by atoms with Crippen LogP contribution in [-0.2, 0) is 6.54 Å². The lowest BCUT2D eigenvalue weighted by molar-refractivity contribution is 0.921. The number of nitrogens with two attached hydrogens (primary N) is 1. The van der Waals surface area contributed by atoms with Gasteiger partial charge in [-0.1, -0.05) is 27.5 Å². The van der Waals surface area contributed by atoms with E-state index in [0.29, 0.717) is 22.8 Å². The maximum absolute atomic E-state index is 9.21. The van der Waals surface area contributed by atoms with Gasteiger partial charge in [0.05, 0.1) is 11.3 Å². The molecule has 102 valence electrons. The summed E-state index contributed by atoms with van der Waals surface area (Å²) in [6.45, 7) is 0.584. The minimum atomic E-state index is 0.584. The Morgan fingerprint density at radius 2 is 2.05 bits per heavy atom. The highest BCUT2D eigenvalue weighted by atomic mass is 79.9. The Morgan fingerprint density at radius 1 is 1.30 bits per heavy atom. The molecule has 0 aliphatic carbocycles. The Labute approximate surface area is 131 Å². The number of nitriles is 1. The van der Waals surface area contributed by atoms with Crippen molar-refractivity contribution in [3.8, 4) is 6.07 Å². The van der Waals surface area contributed by atoms with Gasteiger partial charge in [-0.2, -0.15) is 5.26 Å². The van der Waals surface area contributed by atoms with Crippen LogP contribution in [0, 0.1) is 11.3 Å². The molecule has 2 rings (SSSR count). The van der Waals surface area contributed by atoms with Crippen molar-refractivity contribution in [3.05, 3.63) is 57.0 Å². The molecule has 0 fully saturated rings. The molecule has 5 heteroatoms. The normalized spacial score (nSPS) is 10.1. The van der Waals surface area contributed by atoms with Gasteiger partial charge in [0, 0.05) is 28.8 Å². The Bertz CT molecular complexity index is 679. The molecule has 20 heavy (non-hydrogen) atoms. The van der Waals surface area contributed by atoms with Gasteiger partial charge in [0.2, 0.25) is 0 Å². The van der Waals surface area contributed by atoms with Gasteiger partial charge in [-0.05, 0) is 42.0 Å². The molecule has 0 aliphatic heterocycles. The molecule has 2 aromatic carbocycles. The average molecular weight is 351 g/mol. The lowest BCUT2D eigenvalue weighted by Crippen LogP contribution is -2.18. The van der Waals surface area contributed by atoms with Crippen LogP contribution in [0.3, 0.4) is 0 Å². The van der Waals surface area contributed by atoms with Crippen molar-refractivity contribution in [2.24, 2.45) is 0 Å². The first-order valence-electron chi connectivity index (χ1n) is 5.96. The van der Waals surface area contributed by atoms with E-state index in [-0.39, 0.29) is 0 Å². The first-order chi connectivity index (χ1) is 9.51. The highest BCUT2D eigenvalue weighted by Gasteiger charge is 2.10. The molecule has 0 aliphatic rings. The van der Waals surface area contributed by atoms with Gasteiger partial charge >= 0.3 is 0 Å². The van der Waals surface area contributed by atoms with Crippen LogP contribution in [0.2, 0.25) is 5.02 Å². The number of halogens is 2. The number of nitrogen functional groups attached to an aromatic ring is 1. The number of nitrogens with zero attached hydrogens (tertiary/aromatic N) is 2. The third-order valence-electron chi connectivity index (χ3n) is 2.97. The summed E-state index contributed by atoms with van der Waals surface area (Å²) in [5.41, 5.74) is 8.86. The smallest absolute Gasteiger partial charge is 0.101 e. The van der Waals surface area contributed by atoms with Gasteiger partial charge in [0.25, 0.3) is 0 Å². The van der Waals surface area contributed by atoms with Crippen molar-refractivity contribution in [2.45, 2.75) is 6.54 Å². The van der Waals surface area contributed by atoms with Gasteiger partial charge in [0.15, 0.2) is 0 Å². The predicted molar refractivity (Wildman–Crippen MR) is 86.8 cm³/mol. The lowest BCUT2D eigenvalue weighted by atomic mass is 10.1. The van der Waals surface area contributed by atoms with Crippen LogP contribution in [0.1, 0.15) is 11.1 Å². The van der Waals surface area contributed by atoms with Crippen LogP contribution < -0.4 is 10.6 Å². The summed E-state index contributed by atoms with van der Waals surface area (Å²) in [6.07, 6.45) is 0. The molecule has 0 heterocycles. The van der Waals surface area contributed by atoms with Crippen molar-refractivity contribution in [2.75, 3.05) is 17.7 Å². The fraction of sp³-hybridized carbons (Fsp3) is 0.133. The number of benzene rings is 2. The van der Waals surface area contributed by atoms with Crippen LogP contribution in [-0.4, -0.2) is 7.05 Å². The van der Waals surface area contributed by atoms with E-state index >= 15 is 0 Å². The molecule has 0 saturated carbocycles. The maximum Gasteiger partial charge on any atom is 0.101 e.